The van der Waals surface area contributed by atoms with Crippen molar-refractivity contribution in [2.75, 3.05) is 39.5 Å². The molecule has 1 heterocycles. The van der Waals surface area contributed by atoms with E-state index in [-0.39, 0.29) is 11.3 Å². The standard InChI is InChI=1S/C15H21F2N3O/c1-19-5-3-10(4-6-19)9-20(2)15(21)12-7-11(16)8-13(18)14(12)17/h7-8,10H,3-6,9,18H2,1-2H3. The first-order valence-electron chi connectivity index (χ1n) is 7.07. The number of carbonyl (C=O) groups is 1. The summed E-state index contributed by atoms with van der Waals surface area (Å²) in [5, 5.41) is 0. The van der Waals surface area contributed by atoms with Crippen molar-refractivity contribution in [3.05, 3.63) is 29.3 Å². The van der Waals surface area contributed by atoms with Crippen LogP contribution < -0.4 is 5.73 Å². The zero-order valence-corrected chi connectivity index (χ0v) is 12.4. The van der Waals surface area contributed by atoms with Crippen molar-refractivity contribution in [1.29, 1.82) is 0 Å². The molecule has 1 aromatic rings. The minimum absolute atomic E-state index is 0.303. The molecule has 1 aliphatic rings. The highest BCUT2D eigenvalue weighted by atomic mass is 19.1. The van der Waals surface area contributed by atoms with Crippen molar-refractivity contribution in [3.8, 4) is 0 Å². The lowest BCUT2D eigenvalue weighted by Gasteiger charge is -2.31. The zero-order valence-electron chi connectivity index (χ0n) is 12.4. The van der Waals surface area contributed by atoms with E-state index in [2.05, 4.69) is 11.9 Å². The molecule has 21 heavy (non-hydrogen) atoms. The molecule has 4 nitrogen and oxygen atoms in total. The van der Waals surface area contributed by atoms with Gasteiger partial charge < -0.3 is 15.5 Å². The predicted molar refractivity (Wildman–Crippen MR) is 78.0 cm³/mol. The number of amides is 1. The van der Waals surface area contributed by atoms with Crippen molar-refractivity contribution >= 4 is 11.6 Å². The zero-order chi connectivity index (χ0) is 15.6. The van der Waals surface area contributed by atoms with Gasteiger partial charge in [0.1, 0.15) is 5.82 Å². The summed E-state index contributed by atoms with van der Waals surface area (Å²) in [5.41, 5.74) is 4.72. The molecule has 1 fully saturated rings. The van der Waals surface area contributed by atoms with Gasteiger partial charge >= 0.3 is 0 Å². The molecule has 1 saturated heterocycles. The van der Waals surface area contributed by atoms with Gasteiger partial charge in [-0.1, -0.05) is 0 Å². The summed E-state index contributed by atoms with van der Waals surface area (Å²) in [6.07, 6.45) is 2.00. The number of rotatable bonds is 3. The molecule has 0 atom stereocenters. The Kier molecular flexibility index (Phi) is 4.77. The second-order valence-corrected chi connectivity index (χ2v) is 5.79. The molecule has 116 valence electrons. The van der Waals surface area contributed by atoms with E-state index in [9.17, 15) is 13.6 Å². The molecule has 0 spiro atoms. The van der Waals surface area contributed by atoms with E-state index in [0.717, 1.165) is 38.1 Å². The normalized spacial score (nSPS) is 17.0. The first-order valence-corrected chi connectivity index (χ1v) is 7.07. The number of likely N-dealkylation sites (tertiary alicyclic amines) is 1. The lowest BCUT2D eigenvalue weighted by Crippen LogP contribution is -2.38. The number of hydrogen-bond acceptors (Lipinski definition) is 3. The van der Waals surface area contributed by atoms with Gasteiger partial charge in [0.15, 0.2) is 5.82 Å². The van der Waals surface area contributed by atoms with Gasteiger partial charge in [-0.15, -0.1) is 0 Å². The maximum Gasteiger partial charge on any atom is 0.256 e. The molecule has 1 aromatic carbocycles. The highest BCUT2D eigenvalue weighted by Crippen LogP contribution is 2.21. The quantitative estimate of drug-likeness (QED) is 0.868. The second-order valence-electron chi connectivity index (χ2n) is 5.79. The van der Waals surface area contributed by atoms with Crippen LogP contribution in [0.4, 0.5) is 14.5 Å². The van der Waals surface area contributed by atoms with Crippen molar-refractivity contribution in [1.82, 2.24) is 9.80 Å². The number of piperidine rings is 1. The Morgan fingerprint density at radius 3 is 2.62 bits per heavy atom. The number of carbonyl (C=O) groups excluding carboxylic acids is 1. The molecule has 1 aliphatic heterocycles. The number of nitrogens with two attached hydrogens (primary N) is 1. The Morgan fingerprint density at radius 2 is 2.00 bits per heavy atom. The van der Waals surface area contributed by atoms with Crippen LogP contribution in [-0.2, 0) is 0 Å². The first-order chi connectivity index (χ1) is 9.88. The molecule has 0 unspecified atom stereocenters. The van der Waals surface area contributed by atoms with Crippen LogP contribution in [0, 0.1) is 17.6 Å². The summed E-state index contributed by atoms with van der Waals surface area (Å²) in [5.74, 6) is -1.69. The Labute approximate surface area is 123 Å². The largest absolute Gasteiger partial charge is 0.396 e. The highest BCUT2D eigenvalue weighted by molar-refractivity contribution is 5.95. The van der Waals surface area contributed by atoms with Gasteiger partial charge in [-0.3, -0.25) is 4.79 Å². The minimum atomic E-state index is -0.850. The molecule has 2 rings (SSSR count). The number of nitrogens with zero attached hydrogens (tertiary/aromatic N) is 2. The van der Waals surface area contributed by atoms with Crippen molar-refractivity contribution in [2.45, 2.75) is 12.8 Å². The van der Waals surface area contributed by atoms with Crippen LogP contribution in [0.25, 0.3) is 0 Å². The Bertz CT molecular complexity index is 528. The summed E-state index contributed by atoms with van der Waals surface area (Å²) in [7, 11) is 3.68. The number of halogens is 2. The fourth-order valence-electron chi connectivity index (χ4n) is 2.69. The second kappa shape index (κ2) is 6.39. The monoisotopic (exact) mass is 297 g/mol. The lowest BCUT2D eigenvalue weighted by atomic mass is 9.96. The maximum atomic E-state index is 13.9. The molecule has 0 aliphatic carbocycles. The highest BCUT2D eigenvalue weighted by Gasteiger charge is 2.23. The fourth-order valence-corrected chi connectivity index (χ4v) is 2.69. The van der Waals surface area contributed by atoms with Crippen molar-refractivity contribution in [2.24, 2.45) is 5.92 Å². The summed E-state index contributed by atoms with van der Waals surface area (Å²) in [6.45, 7) is 2.53. The van der Waals surface area contributed by atoms with Gasteiger partial charge in [0.25, 0.3) is 5.91 Å². The Morgan fingerprint density at radius 1 is 1.38 bits per heavy atom. The summed E-state index contributed by atoms with van der Waals surface area (Å²) in [4.78, 5) is 16.0. The van der Waals surface area contributed by atoms with E-state index in [4.69, 9.17) is 5.73 Å². The number of nitrogen functional groups attached to an aromatic ring is 1. The van der Waals surface area contributed by atoms with E-state index >= 15 is 0 Å². The number of anilines is 1. The Balaban J connectivity index is 2.06. The molecule has 0 bridgehead atoms. The van der Waals surface area contributed by atoms with Crippen LogP contribution in [0.2, 0.25) is 0 Å². The fraction of sp³-hybridized carbons (Fsp3) is 0.533. The number of hydrogen-bond donors (Lipinski definition) is 1. The van der Waals surface area contributed by atoms with Crippen LogP contribution in [0.15, 0.2) is 12.1 Å². The van der Waals surface area contributed by atoms with E-state index < -0.39 is 17.5 Å². The van der Waals surface area contributed by atoms with Crippen LogP contribution in [0.3, 0.4) is 0 Å². The molecule has 6 heteroatoms. The smallest absolute Gasteiger partial charge is 0.256 e. The van der Waals surface area contributed by atoms with Gasteiger partial charge in [0.2, 0.25) is 0 Å². The van der Waals surface area contributed by atoms with Crippen molar-refractivity contribution < 1.29 is 13.6 Å². The molecule has 2 N–H and O–H groups in total. The van der Waals surface area contributed by atoms with E-state index in [0.29, 0.717) is 12.5 Å². The first kappa shape index (κ1) is 15.7. The summed E-state index contributed by atoms with van der Waals surface area (Å²) < 4.78 is 27.2. The van der Waals surface area contributed by atoms with Crippen LogP contribution in [-0.4, -0.2) is 49.4 Å². The van der Waals surface area contributed by atoms with E-state index in [1.54, 1.807) is 7.05 Å². The SMILES string of the molecule is CN1CCC(CN(C)C(=O)c2cc(F)cc(N)c2F)CC1. The predicted octanol–water partition coefficient (Wildman–Crippen LogP) is 1.96. The van der Waals surface area contributed by atoms with Crippen LogP contribution in [0.5, 0.6) is 0 Å². The minimum Gasteiger partial charge on any atom is -0.396 e. The molecular weight excluding hydrogens is 276 g/mol. The van der Waals surface area contributed by atoms with Gasteiger partial charge in [0, 0.05) is 13.6 Å². The lowest BCUT2D eigenvalue weighted by molar-refractivity contribution is 0.0742. The van der Waals surface area contributed by atoms with Crippen LogP contribution in [0.1, 0.15) is 23.2 Å². The van der Waals surface area contributed by atoms with Crippen LogP contribution >= 0.6 is 0 Å². The van der Waals surface area contributed by atoms with Crippen molar-refractivity contribution in [3.63, 3.8) is 0 Å². The van der Waals surface area contributed by atoms with Gasteiger partial charge in [0.05, 0.1) is 11.3 Å². The van der Waals surface area contributed by atoms with E-state index in [1.165, 1.54) is 4.90 Å². The topological polar surface area (TPSA) is 49.6 Å². The summed E-state index contributed by atoms with van der Waals surface area (Å²) >= 11 is 0. The summed E-state index contributed by atoms with van der Waals surface area (Å²) in [6, 6.07) is 1.78. The Hall–Kier alpha value is -1.69. The third kappa shape index (κ3) is 3.69. The van der Waals surface area contributed by atoms with Gasteiger partial charge in [-0.05, 0) is 51.0 Å². The third-order valence-electron chi connectivity index (χ3n) is 4.01. The molecule has 0 radical (unpaired) electrons. The molecule has 1 amide bonds. The van der Waals surface area contributed by atoms with Gasteiger partial charge in [-0.25, -0.2) is 8.78 Å². The third-order valence-corrected chi connectivity index (χ3v) is 4.01. The van der Waals surface area contributed by atoms with Gasteiger partial charge in [-0.2, -0.15) is 0 Å². The van der Waals surface area contributed by atoms with E-state index in [1.807, 2.05) is 0 Å². The molecule has 0 aromatic heterocycles. The molecule has 0 saturated carbocycles. The average Bonchev–Trinajstić information content (AvgIpc) is 2.44. The number of benzene rings is 1. The molecular formula is C15H21F2N3O. The maximum absolute atomic E-state index is 13.9. The average molecular weight is 297 g/mol.